The van der Waals surface area contributed by atoms with E-state index in [0.29, 0.717) is 11.1 Å². The number of benzene rings is 1. The summed E-state index contributed by atoms with van der Waals surface area (Å²) in [6, 6.07) is 5.16. The van der Waals surface area contributed by atoms with Crippen molar-refractivity contribution in [1.29, 1.82) is 0 Å². The minimum atomic E-state index is -1.12. The van der Waals surface area contributed by atoms with Crippen LogP contribution in [0.15, 0.2) is 24.3 Å². The predicted molar refractivity (Wildman–Crippen MR) is 50.5 cm³/mol. The Hall–Kier alpha value is -1.42. The van der Waals surface area contributed by atoms with Crippen molar-refractivity contribution < 1.29 is 14.3 Å². The molecule has 2 unspecified atom stereocenters. The average Bonchev–Trinajstić information content (AvgIpc) is 2.16. The minimum Gasteiger partial charge on any atom is -0.480 e. The van der Waals surface area contributed by atoms with E-state index in [9.17, 15) is 9.18 Å². The third-order valence-corrected chi connectivity index (χ3v) is 2.00. The summed E-state index contributed by atoms with van der Waals surface area (Å²) in [5.74, 6) is -1.12. The second kappa shape index (κ2) is 4.19. The van der Waals surface area contributed by atoms with Crippen LogP contribution in [0.25, 0.3) is 0 Å². The Labute approximate surface area is 81.4 Å². The number of nitrogens with two attached hydrogens (primary N) is 1. The first-order valence-corrected chi connectivity index (χ1v) is 4.24. The molecule has 3 nitrogen and oxygen atoms in total. The molecule has 0 spiro atoms. The molecular formula is C10H12FNO2. The number of carboxylic acids is 1. The van der Waals surface area contributed by atoms with Crippen molar-refractivity contribution in [3.05, 3.63) is 35.4 Å². The zero-order valence-corrected chi connectivity index (χ0v) is 7.77. The molecule has 0 radical (unpaired) electrons. The molecule has 1 aromatic rings. The second-order valence-corrected chi connectivity index (χ2v) is 3.10. The van der Waals surface area contributed by atoms with Crippen LogP contribution in [0, 0.1) is 0 Å². The van der Waals surface area contributed by atoms with Crippen LogP contribution in [0.2, 0.25) is 0 Å². The molecule has 0 aliphatic rings. The maximum absolute atomic E-state index is 12.9. The fourth-order valence-corrected chi connectivity index (χ4v) is 1.14. The molecule has 76 valence electrons. The summed E-state index contributed by atoms with van der Waals surface area (Å²) >= 11 is 0. The standard InChI is InChI=1S/C10H12FNO2/c1-6(11)7-3-2-4-8(5-7)9(12)10(13)14/h2-6,9H,12H2,1H3,(H,13,14). The van der Waals surface area contributed by atoms with Gasteiger partial charge in [-0.3, -0.25) is 4.79 Å². The van der Waals surface area contributed by atoms with Crippen LogP contribution < -0.4 is 5.73 Å². The molecule has 4 heteroatoms. The summed E-state index contributed by atoms with van der Waals surface area (Å²) in [5.41, 5.74) is 6.24. The summed E-state index contributed by atoms with van der Waals surface area (Å²) in [4.78, 5) is 10.6. The van der Waals surface area contributed by atoms with Gasteiger partial charge in [0.1, 0.15) is 12.2 Å². The summed E-state index contributed by atoms with van der Waals surface area (Å²) in [7, 11) is 0. The van der Waals surface area contributed by atoms with Gasteiger partial charge in [-0.2, -0.15) is 0 Å². The van der Waals surface area contributed by atoms with Crippen LogP contribution >= 0.6 is 0 Å². The van der Waals surface area contributed by atoms with Gasteiger partial charge < -0.3 is 10.8 Å². The van der Waals surface area contributed by atoms with E-state index in [1.165, 1.54) is 13.0 Å². The molecule has 1 aromatic carbocycles. The van der Waals surface area contributed by atoms with Crippen LogP contribution in [-0.2, 0) is 4.79 Å². The van der Waals surface area contributed by atoms with Crippen molar-refractivity contribution in [1.82, 2.24) is 0 Å². The van der Waals surface area contributed by atoms with Crippen molar-refractivity contribution in [2.24, 2.45) is 5.73 Å². The molecule has 14 heavy (non-hydrogen) atoms. The van der Waals surface area contributed by atoms with E-state index >= 15 is 0 Å². The van der Waals surface area contributed by atoms with E-state index < -0.39 is 18.2 Å². The molecule has 0 heterocycles. The molecule has 0 aliphatic heterocycles. The number of hydrogen-bond donors (Lipinski definition) is 2. The van der Waals surface area contributed by atoms with E-state index in [0.717, 1.165) is 0 Å². The lowest BCUT2D eigenvalue weighted by molar-refractivity contribution is -0.138. The number of halogens is 1. The van der Waals surface area contributed by atoms with Crippen LogP contribution in [0.1, 0.15) is 30.3 Å². The lowest BCUT2D eigenvalue weighted by Crippen LogP contribution is -2.20. The highest BCUT2D eigenvalue weighted by Crippen LogP contribution is 2.20. The van der Waals surface area contributed by atoms with Crippen molar-refractivity contribution in [2.75, 3.05) is 0 Å². The predicted octanol–water partition coefficient (Wildman–Crippen LogP) is 1.80. The van der Waals surface area contributed by atoms with Crippen LogP contribution in [0.4, 0.5) is 4.39 Å². The average molecular weight is 197 g/mol. The highest BCUT2D eigenvalue weighted by molar-refractivity contribution is 5.75. The molecular weight excluding hydrogens is 185 g/mol. The molecule has 3 N–H and O–H groups in total. The molecule has 1 rings (SSSR count). The summed E-state index contributed by atoms with van der Waals surface area (Å²) < 4.78 is 12.9. The van der Waals surface area contributed by atoms with Crippen LogP contribution in [0.3, 0.4) is 0 Å². The van der Waals surface area contributed by atoms with Crippen LogP contribution in [0.5, 0.6) is 0 Å². The normalized spacial score (nSPS) is 14.8. The van der Waals surface area contributed by atoms with Crippen molar-refractivity contribution >= 4 is 5.97 Å². The summed E-state index contributed by atoms with van der Waals surface area (Å²) in [6.07, 6.45) is -1.11. The summed E-state index contributed by atoms with van der Waals surface area (Å²) in [6.45, 7) is 1.39. The van der Waals surface area contributed by atoms with Gasteiger partial charge in [-0.05, 0) is 18.1 Å². The minimum absolute atomic E-state index is 0.416. The van der Waals surface area contributed by atoms with Crippen molar-refractivity contribution in [2.45, 2.75) is 19.1 Å². The van der Waals surface area contributed by atoms with Gasteiger partial charge in [-0.25, -0.2) is 4.39 Å². The fourth-order valence-electron chi connectivity index (χ4n) is 1.14. The van der Waals surface area contributed by atoms with E-state index in [2.05, 4.69) is 0 Å². The first kappa shape index (κ1) is 10.7. The highest BCUT2D eigenvalue weighted by Gasteiger charge is 2.15. The smallest absolute Gasteiger partial charge is 0.325 e. The Bertz CT molecular complexity index is 339. The quantitative estimate of drug-likeness (QED) is 0.776. The number of hydrogen-bond acceptors (Lipinski definition) is 2. The van der Waals surface area contributed by atoms with Crippen molar-refractivity contribution in [3.63, 3.8) is 0 Å². The Morgan fingerprint density at radius 1 is 1.50 bits per heavy atom. The number of alkyl halides is 1. The molecule has 0 saturated heterocycles. The van der Waals surface area contributed by atoms with E-state index in [1.807, 2.05) is 0 Å². The maximum Gasteiger partial charge on any atom is 0.325 e. The van der Waals surface area contributed by atoms with Gasteiger partial charge in [0, 0.05) is 0 Å². The zero-order valence-electron chi connectivity index (χ0n) is 7.77. The molecule has 2 atom stereocenters. The topological polar surface area (TPSA) is 63.3 Å². The molecule has 0 aliphatic carbocycles. The number of carboxylic acid groups (broad SMARTS) is 1. The monoisotopic (exact) mass is 197 g/mol. The fraction of sp³-hybridized carbons (Fsp3) is 0.300. The van der Waals surface area contributed by atoms with E-state index in [-0.39, 0.29) is 0 Å². The SMILES string of the molecule is CC(F)c1cccc(C(N)C(=O)O)c1. The number of carbonyl (C=O) groups is 1. The van der Waals surface area contributed by atoms with Gasteiger partial charge in [0.25, 0.3) is 0 Å². The molecule has 0 saturated carbocycles. The first-order chi connectivity index (χ1) is 6.52. The second-order valence-electron chi connectivity index (χ2n) is 3.10. The van der Waals surface area contributed by atoms with Gasteiger partial charge in [-0.15, -0.1) is 0 Å². The Morgan fingerprint density at radius 2 is 2.07 bits per heavy atom. The Morgan fingerprint density at radius 3 is 2.57 bits per heavy atom. The third kappa shape index (κ3) is 2.29. The van der Waals surface area contributed by atoms with Gasteiger partial charge in [0.2, 0.25) is 0 Å². The molecule has 0 amide bonds. The van der Waals surface area contributed by atoms with E-state index in [1.54, 1.807) is 18.2 Å². The van der Waals surface area contributed by atoms with Gasteiger partial charge in [0.15, 0.2) is 0 Å². The largest absolute Gasteiger partial charge is 0.480 e. The Balaban J connectivity index is 2.99. The van der Waals surface area contributed by atoms with Crippen molar-refractivity contribution in [3.8, 4) is 0 Å². The zero-order chi connectivity index (χ0) is 10.7. The lowest BCUT2D eigenvalue weighted by Gasteiger charge is -2.09. The molecule has 0 bridgehead atoms. The lowest BCUT2D eigenvalue weighted by atomic mass is 10.0. The van der Waals surface area contributed by atoms with Crippen LogP contribution in [-0.4, -0.2) is 11.1 Å². The number of aliphatic carboxylic acids is 1. The van der Waals surface area contributed by atoms with Gasteiger partial charge in [-0.1, -0.05) is 24.3 Å². The summed E-state index contributed by atoms with van der Waals surface area (Å²) in [5, 5.41) is 8.65. The first-order valence-electron chi connectivity index (χ1n) is 4.24. The van der Waals surface area contributed by atoms with E-state index in [4.69, 9.17) is 10.8 Å². The van der Waals surface area contributed by atoms with Gasteiger partial charge >= 0.3 is 5.97 Å². The maximum atomic E-state index is 12.9. The van der Waals surface area contributed by atoms with Gasteiger partial charge in [0.05, 0.1) is 0 Å². The Kier molecular flexibility index (Phi) is 3.19. The molecule has 0 fully saturated rings. The number of rotatable bonds is 3. The molecule has 0 aromatic heterocycles. The highest BCUT2D eigenvalue weighted by atomic mass is 19.1. The third-order valence-electron chi connectivity index (χ3n) is 2.00.